The molecule has 0 N–H and O–H groups in total. The van der Waals surface area contributed by atoms with Crippen LogP contribution in [0.15, 0.2) is 6.20 Å². The first-order chi connectivity index (χ1) is 7.15. The number of alkyl halides is 1. The second kappa shape index (κ2) is 4.05. The van der Waals surface area contributed by atoms with Gasteiger partial charge < -0.3 is 4.74 Å². The number of nitrogens with zero attached hydrogens (tertiary/aromatic N) is 2. The van der Waals surface area contributed by atoms with Crippen molar-refractivity contribution in [2.45, 2.75) is 31.1 Å². The summed E-state index contributed by atoms with van der Waals surface area (Å²) in [6.45, 7) is 2.21. The fraction of sp³-hybridized carbons (Fsp3) is 0.727. The molecular weight excluding hydrogens is 212 g/mol. The Morgan fingerprint density at radius 1 is 1.53 bits per heavy atom. The van der Waals surface area contributed by atoms with Crippen molar-refractivity contribution in [3.8, 4) is 5.75 Å². The normalized spacial score (nSPS) is 30.8. The first-order valence-corrected chi connectivity index (χ1v) is 5.78. The number of aryl methyl sites for hydroxylation is 1. The smallest absolute Gasteiger partial charge is 0.160 e. The summed E-state index contributed by atoms with van der Waals surface area (Å²) in [5.74, 6) is 1.87. The first kappa shape index (κ1) is 10.8. The van der Waals surface area contributed by atoms with Gasteiger partial charge in [-0.2, -0.15) is 5.10 Å². The van der Waals surface area contributed by atoms with Gasteiger partial charge in [-0.25, -0.2) is 0 Å². The Labute approximate surface area is 95.4 Å². The van der Waals surface area contributed by atoms with E-state index in [-0.39, 0.29) is 5.38 Å². The lowest BCUT2D eigenvalue weighted by atomic mass is 9.94. The lowest BCUT2D eigenvalue weighted by Gasteiger charge is -2.18. The highest BCUT2D eigenvalue weighted by atomic mass is 35.5. The Bertz CT molecular complexity index is 350. The van der Waals surface area contributed by atoms with Crippen LogP contribution in [-0.2, 0) is 7.05 Å². The molecule has 84 valence electrons. The number of aromatic nitrogens is 2. The number of halogens is 1. The van der Waals surface area contributed by atoms with Crippen molar-refractivity contribution in [1.82, 2.24) is 9.78 Å². The second-order valence-corrected chi connectivity index (χ2v) is 4.84. The van der Waals surface area contributed by atoms with E-state index in [2.05, 4.69) is 12.0 Å². The van der Waals surface area contributed by atoms with Crippen LogP contribution >= 0.6 is 11.6 Å². The molecular formula is C11H17ClN2O. The molecule has 0 radical (unpaired) electrons. The number of methoxy groups -OCH3 is 1. The van der Waals surface area contributed by atoms with Crippen molar-refractivity contribution in [2.75, 3.05) is 7.11 Å². The van der Waals surface area contributed by atoms with Gasteiger partial charge in [0.05, 0.1) is 19.0 Å². The summed E-state index contributed by atoms with van der Waals surface area (Å²) in [5.41, 5.74) is 1.19. The highest BCUT2D eigenvalue weighted by Gasteiger charge is 2.35. The number of hydrogen-bond donors (Lipinski definition) is 0. The van der Waals surface area contributed by atoms with Gasteiger partial charge in [0.25, 0.3) is 0 Å². The molecule has 1 aromatic heterocycles. The van der Waals surface area contributed by atoms with Crippen LogP contribution in [0.5, 0.6) is 5.75 Å². The standard InChI is InChI=1S/C11H17ClN2O/c1-7-8(4-5-9(7)12)11-10(15-3)6-13-14(11)2/h6-9H,4-5H2,1-3H3. The van der Waals surface area contributed by atoms with Gasteiger partial charge >= 0.3 is 0 Å². The van der Waals surface area contributed by atoms with Crippen molar-refractivity contribution in [1.29, 1.82) is 0 Å². The van der Waals surface area contributed by atoms with E-state index in [0.717, 1.165) is 18.6 Å². The van der Waals surface area contributed by atoms with Gasteiger partial charge in [0.1, 0.15) is 0 Å². The van der Waals surface area contributed by atoms with Crippen LogP contribution in [-0.4, -0.2) is 22.3 Å². The maximum absolute atomic E-state index is 6.25. The van der Waals surface area contributed by atoms with Crippen LogP contribution in [0.1, 0.15) is 31.4 Å². The van der Waals surface area contributed by atoms with E-state index in [1.807, 2.05) is 11.7 Å². The van der Waals surface area contributed by atoms with E-state index in [1.54, 1.807) is 13.3 Å². The van der Waals surface area contributed by atoms with Gasteiger partial charge in [0.15, 0.2) is 5.75 Å². The zero-order valence-corrected chi connectivity index (χ0v) is 10.2. The molecule has 3 atom stereocenters. The first-order valence-electron chi connectivity index (χ1n) is 5.35. The van der Waals surface area contributed by atoms with E-state index >= 15 is 0 Å². The molecule has 0 aliphatic heterocycles. The molecule has 1 saturated carbocycles. The molecule has 0 aromatic carbocycles. The lowest BCUT2D eigenvalue weighted by Crippen LogP contribution is -2.13. The quantitative estimate of drug-likeness (QED) is 0.728. The molecule has 1 aromatic rings. The van der Waals surface area contributed by atoms with Crippen LogP contribution in [0.4, 0.5) is 0 Å². The van der Waals surface area contributed by atoms with Crippen LogP contribution in [0.3, 0.4) is 0 Å². The maximum Gasteiger partial charge on any atom is 0.160 e. The minimum Gasteiger partial charge on any atom is -0.493 e. The zero-order chi connectivity index (χ0) is 11.0. The fourth-order valence-electron chi connectivity index (χ4n) is 2.51. The van der Waals surface area contributed by atoms with E-state index in [9.17, 15) is 0 Å². The molecule has 3 nitrogen and oxygen atoms in total. The van der Waals surface area contributed by atoms with Crippen molar-refractivity contribution < 1.29 is 4.74 Å². The van der Waals surface area contributed by atoms with E-state index < -0.39 is 0 Å². The summed E-state index contributed by atoms with van der Waals surface area (Å²) in [4.78, 5) is 0. The molecule has 1 heterocycles. The van der Waals surface area contributed by atoms with Crippen molar-refractivity contribution in [3.63, 3.8) is 0 Å². The molecule has 0 amide bonds. The highest BCUT2D eigenvalue weighted by Crippen LogP contribution is 2.44. The Balaban J connectivity index is 2.32. The summed E-state index contributed by atoms with van der Waals surface area (Å²) in [7, 11) is 3.66. The Morgan fingerprint density at radius 2 is 2.27 bits per heavy atom. The van der Waals surface area contributed by atoms with Gasteiger partial charge in [0, 0.05) is 18.3 Å². The maximum atomic E-state index is 6.25. The predicted octanol–water partition coefficient (Wildman–Crippen LogP) is 2.55. The summed E-state index contributed by atoms with van der Waals surface area (Å²) in [6, 6.07) is 0. The Kier molecular flexibility index (Phi) is 2.91. The molecule has 1 aliphatic carbocycles. The summed E-state index contributed by atoms with van der Waals surface area (Å²) in [5, 5.41) is 4.53. The third-order valence-electron chi connectivity index (χ3n) is 3.48. The van der Waals surface area contributed by atoms with Crippen LogP contribution in [0.2, 0.25) is 0 Å². The summed E-state index contributed by atoms with van der Waals surface area (Å²) < 4.78 is 7.25. The SMILES string of the molecule is COc1cnn(C)c1C1CCC(Cl)C1C. The second-order valence-electron chi connectivity index (χ2n) is 4.28. The molecule has 15 heavy (non-hydrogen) atoms. The third kappa shape index (κ3) is 1.73. The molecule has 0 spiro atoms. The zero-order valence-electron chi connectivity index (χ0n) is 9.40. The fourth-order valence-corrected chi connectivity index (χ4v) is 2.81. The monoisotopic (exact) mass is 228 g/mol. The van der Waals surface area contributed by atoms with E-state index in [1.165, 1.54) is 5.69 Å². The Hall–Kier alpha value is -0.700. The van der Waals surface area contributed by atoms with Gasteiger partial charge in [-0.05, 0) is 18.8 Å². The largest absolute Gasteiger partial charge is 0.493 e. The topological polar surface area (TPSA) is 27.1 Å². The van der Waals surface area contributed by atoms with Crippen molar-refractivity contribution in [2.24, 2.45) is 13.0 Å². The van der Waals surface area contributed by atoms with Gasteiger partial charge in [-0.3, -0.25) is 4.68 Å². The molecule has 0 bridgehead atoms. The lowest BCUT2D eigenvalue weighted by molar-refractivity contribution is 0.394. The number of rotatable bonds is 2. The Morgan fingerprint density at radius 3 is 2.80 bits per heavy atom. The molecule has 1 fully saturated rings. The minimum absolute atomic E-state index is 0.287. The van der Waals surface area contributed by atoms with Gasteiger partial charge in [-0.15, -0.1) is 11.6 Å². The highest BCUT2D eigenvalue weighted by molar-refractivity contribution is 6.21. The molecule has 0 saturated heterocycles. The third-order valence-corrected chi connectivity index (χ3v) is 4.09. The van der Waals surface area contributed by atoms with Gasteiger partial charge in [-0.1, -0.05) is 6.92 Å². The average Bonchev–Trinajstić information content (AvgIpc) is 2.73. The van der Waals surface area contributed by atoms with Crippen LogP contribution < -0.4 is 4.74 Å². The van der Waals surface area contributed by atoms with E-state index in [4.69, 9.17) is 16.3 Å². The molecule has 2 rings (SSSR count). The molecule has 4 heteroatoms. The van der Waals surface area contributed by atoms with E-state index in [0.29, 0.717) is 11.8 Å². The van der Waals surface area contributed by atoms with Crippen molar-refractivity contribution in [3.05, 3.63) is 11.9 Å². The van der Waals surface area contributed by atoms with Crippen LogP contribution in [0, 0.1) is 5.92 Å². The average molecular weight is 229 g/mol. The molecule has 3 unspecified atom stereocenters. The molecule has 1 aliphatic rings. The van der Waals surface area contributed by atoms with Crippen molar-refractivity contribution >= 4 is 11.6 Å². The van der Waals surface area contributed by atoms with Crippen LogP contribution in [0.25, 0.3) is 0 Å². The summed E-state index contributed by atoms with van der Waals surface area (Å²) >= 11 is 6.25. The van der Waals surface area contributed by atoms with Gasteiger partial charge in [0.2, 0.25) is 0 Å². The predicted molar refractivity (Wildman–Crippen MR) is 60.5 cm³/mol. The summed E-state index contributed by atoms with van der Waals surface area (Å²) in [6.07, 6.45) is 4.00. The minimum atomic E-state index is 0.287. The number of hydrogen-bond acceptors (Lipinski definition) is 2. The number of ether oxygens (including phenoxy) is 1.